The van der Waals surface area contributed by atoms with Gasteiger partial charge < -0.3 is 75.3 Å². The highest BCUT2D eigenvalue weighted by molar-refractivity contribution is 7.80. The van der Waals surface area contributed by atoms with Crippen LogP contribution in [0.15, 0.2) is 79.0 Å². The Labute approximate surface area is 440 Å². The number of phenolic OH excluding ortho intramolecular Hbond substituents is 1. The Morgan fingerprint density at radius 2 is 1.08 bits per heavy atom. The number of amides is 8. The number of para-hydroxylation sites is 1. The van der Waals surface area contributed by atoms with Gasteiger partial charge in [-0.25, -0.2) is 0 Å². The lowest BCUT2D eigenvalue weighted by molar-refractivity contribution is -0.136. The Balaban J connectivity index is 1.62. The molecule has 0 bridgehead atoms. The van der Waals surface area contributed by atoms with Crippen molar-refractivity contribution in [2.24, 2.45) is 23.1 Å². The Hall–Kier alpha value is -6.86. The van der Waals surface area contributed by atoms with E-state index in [4.69, 9.17) is 22.9 Å². The molecule has 1 aromatic heterocycles. The van der Waals surface area contributed by atoms with Crippen LogP contribution in [0.4, 0.5) is 5.69 Å². The Morgan fingerprint density at radius 3 is 1.65 bits per heavy atom. The molecule has 3 aromatic carbocycles. The summed E-state index contributed by atoms with van der Waals surface area (Å²) in [6.45, 7) is 4.80. The van der Waals surface area contributed by atoms with Crippen LogP contribution in [0.25, 0.3) is 10.9 Å². The number of H-pyrrole nitrogens is 1. The normalized spacial score (nSPS) is 14.9. The molecule has 0 spiro atoms. The average molecular weight is 1060 g/mol. The highest BCUT2D eigenvalue weighted by atomic mass is 32.1. The number of fused-ring (bicyclic) bond motifs is 1. The van der Waals surface area contributed by atoms with Crippen LogP contribution in [0, 0.1) is 5.92 Å². The summed E-state index contributed by atoms with van der Waals surface area (Å²) in [5.41, 5.74) is 26.3. The SMILES string of the molecule is CC(C)[C@H](NC(=O)[C@H](CCCCN)NC(=O)[C@@H](Cc1c[nH]c2ccccc12)NC(=O)[C@H](Cc1ccc(O)cc1)NC(=O)[C@H](CS)NC(=O)[C@H](N)Cc1ccc(N)cc1)C(=O)N[C@@H](CS)C(=O)N[C@H](C(N)=O)[C@@H](C)O. The third-order valence-electron chi connectivity index (χ3n) is 12.1. The number of phenols is 1. The van der Waals surface area contributed by atoms with Crippen LogP contribution < -0.4 is 60.2 Å². The first-order chi connectivity index (χ1) is 35.1. The molecule has 1 heterocycles. The molecule has 24 heteroatoms. The van der Waals surface area contributed by atoms with Gasteiger partial charge in [0.15, 0.2) is 0 Å². The number of thiol groups is 2. The minimum absolute atomic E-state index is 0.0461. The number of primary amides is 1. The number of aromatic amines is 1. The maximum atomic E-state index is 14.7. The van der Waals surface area contributed by atoms with Crippen molar-refractivity contribution < 1.29 is 48.6 Å². The van der Waals surface area contributed by atoms with Gasteiger partial charge in [-0.2, -0.15) is 25.3 Å². The molecule has 8 amide bonds. The number of nitrogen functional groups attached to an aromatic ring is 1. The van der Waals surface area contributed by atoms with E-state index < -0.39 is 108 Å². The Kier molecular flexibility index (Phi) is 23.5. The Bertz CT molecular complexity index is 2550. The van der Waals surface area contributed by atoms with Crippen LogP contribution >= 0.6 is 25.3 Å². The standard InChI is InChI=1S/C50H70N12O10S2/c1-26(2)41(50(72)60-40(25-74)49(71)62-42(27(3)63)43(54)65)61-45(67)36(10-6-7-19-51)56-47(69)38(22-30-23-55-35-9-5-4-8-33(30)35)58-46(68)37(21-29-13-17-32(64)18-14-29)57-48(70)39(24-73)59-44(66)34(53)20-28-11-15-31(52)16-12-28/h4-5,8-9,11-18,23,26-27,34,36-42,55,63-64,73-74H,6-7,10,19-22,24-25,51-53H2,1-3H3,(H2,54,65)(H,56,69)(H,57,70)(H,58,68)(H,59,66)(H,60,72)(H,61,67)(H,62,71)/t27-,34-,36+,37+,38-,39+,40+,41+,42+/m1/s1. The molecule has 4 rings (SSSR count). The van der Waals surface area contributed by atoms with E-state index in [0.717, 1.165) is 16.5 Å². The molecular formula is C50H70N12O10S2. The quantitative estimate of drug-likeness (QED) is 0.0171. The third-order valence-corrected chi connectivity index (χ3v) is 12.8. The number of aromatic nitrogens is 1. The number of hydrogen-bond donors (Lipinski definition) is 16. The van der Waals surface area contributed by atoms with Crippen LogP contribution in [0.1, 0.15) is 56.7 Å². The summed E-state index contributed by atoms with van der Waals surface area (Å²) in [5, 5.41) is 39.1. The van der Waals surface area contributed by atoms with Gasteiger partial charge in [-0.3, -0.25) is 38.4 Å². The monoisotopic (exact) mass is 1060 g/mol. The van der Waals surface area contributed by atoms with Crippen LogP contribution in [-0.4, -0.2) is 135 Å². The fraction of sp³-hybridized carbons (Fsp3) is 0.440. The third kappa shape index (κ3) is 18.0. The van der Waals surface area contributed by atoms with Crippen molar-refractivity contribution in [3.05, 3.63) is 95.7 Å². The minimum Gasteiger partial charge on any atom is -0.508 e. The number of unbranched alkanes of at least 4 members (excludes halogenated alkanes) is 1. The fourth-order valence-corrected chi connectivity index (χ4v) is 8.30. The van der Waals surface area contributed by atoms with Crippen molar-refractivity contribution in [2.45, 2.75) is 114 Å². The van der Waals surface area contributed by atoms with E-state index in [1.54, 1.807) is 62.5 Å². The van der Waals surface area contributed by atoms with E-state index >= 15 is 0 Å². The molecule has 0 unspecified atom stereocenters. The van der Waals surface area contributed by atoms with Crippen molar-refractivity contribution in [1.29, 1.82) is 0 Å². The summed E-state index contributed by atoms with van der Waals surface area (Å²) in [7, 11) is 0. The van der Waals surface area contributed by atoms with E-state index in [1.807, 2.05) is 18.2 Å². The van der Waals surface area contributed by atoms with Gasteiger partial charge in [0.25, 0.3) is 0 Å². The lowest BCUT2D eigenvalue weighted by Gasteiger charge is -2.29. The van der Waals surface area contributed by atoms with Gasteiger partial charge in [0.05, 0.1) is 12.1 Å². The lowest BCUT2D eigenvalue weighted by Crippen LogP contribution is -2.62. The number of aromatic hydroxyl groups is 1. The molecule has 18 N–H and O–H groups in total. The van der Waals surface area contributed by atoms with Crippen molar-refractivity contribution in [1.82, 2.24) is 42.2 Å². The van der Waals surface area contributed by atoms with Gasteiger partial charge in [0, 0.05) is 47.1 Å². The van der Waals surface area contributed by atoms with Gasteiger partial charge in [0.1, 0.15) is 48.0 Å². The summed E-state index contributed by atoms with van der Waals surface area (Å²) in [6.07, 6.45) is 1.06. The van der Waals surface area contributed by atoms with E-state index in [1.165, 1.54) is 19.1 Å². The van der Waals surface area contributed by atoms with E-state index in [-0.39, 0.29) is 49.5 Å². The first-order valence-corrected chi connectivity index (χ1v) is 25.4. The zero-order chi connectivity index (χ0) is 54.6. The number of anilines is 1. The van der Waals surface area contributed by atoms with Crippen molar-refractivity contribution >= 4 is 89.1 Å². The second kappa shape index (κ2) is 29.1. The molecule has 9 atom stereocenters. The van der Waals surface area contributed by atoms with Gasteiger partial charge in [0.2, 0.25) is 47.3 Å². The van der Waals surface area contributed by atoms with E-state index in [0.29, 0.717) is 29.7 Å². The highest BCUT2D eigenvalue weighted by Crippen LogP contribution is 2.20. The van der Waals surface area contributed by atoms with Crippen molar-refractivity contribution in [2.75, 3.05) is 23.8 Å². The molecule has 22 nitrogen and oxygen atoms in total. The highest BCUT2D eigenvalue weighted by Gasteiger charge is 2.35. The number of carbonyl (C=O) groups excluding carboxylic acids is 8. The van der Waals surface area contributed by atoms with E-state index in [9.17, 15) is 48.6 Å². The second-order valence-electron chi connectivity index (χ2n) is 18.3. The topological polar surface area (TPSA) is 381 Å². The van der Waals surface area contributed by atoms with Gasteiger partial charge in [-0.05, 0) is 92.1 Å². The van der Waals surface area contributed by atoms with Crippen LogP contribution in [0.3, 0.4) is 0 Å². The fourth-order valence-electron chi connectivity index (χ4n) is 7.79. The predicted molar refractivity (Wildman–Crippen MR) is 286 cm³/mol. The number of aliphatic hydroxyl groups excluding tert-OH is 1. The second-order valence-corrected chi connectivity index (χ2v) is 19.0. The molecular weight excluding hydrogens is 993 g/mol. The molecule has 402 valence electrons. The summed E-state index contributed by atoms with van der Waals surface area (Å²) < 4.78 is 0. The molecule has 0 fully saturated rings. The number of hydrogen-bond acceptors (Lipinski definition) is 15. The van der Waals surface area contributed by atoms with Gasteiger partial charge in [-0.15, -0.1) is 0 Å². The number of benzene rings is 3. The molecule has 0 aliphatic rings. The summed E-state index contributed by atoms with van der Waals surface area (Å²) in [4.78, 5) is 113. The molecule has 0 radical (unpaired) electrons. The lowest BCUT2D eigenvalue weighted by atomic mass is 10.00. The molecule has 0 aliphatic carbocycles. The number of aliphatic hydroxyl groups is 1. The van der Waals surface area contributed by atoms with E-state index in [2.05, 4.69) is 67.5 Å². The molecule has 4 aromatic rings. The zero-order valence-corrected chi connectivity index (χ0v) is 43.3. The first-order valence-electron chi connectivity index (χ1n) is 24.1. The number of nitrogens with two attached hydrogens (primary N) is 4. The maximum Gasteiger partial charge on any atom is 0.244 e. The van der Waals surface area contributed by atoms with Crippen LogP contribution in [0.5, 0.6) is 5.75 Å². The molecule has 0 saturated carbocycles. The summed E-state index contributed by atoms with van der Waals surface area (Å²) in [5.74, 6) is -7.58. The summed E-state index contributed by atoms with van der Waals surface area (Å²) in [6, 6.07) is 9.48. The average Bonchev–Trinajstić information content (AvgIpc) is 3.77. The molecule has 0 aliphatic heterocycles. The number of nitrogens with one attached hydrogen (secondary N) is 8. The number of rotatable bonds is 29. The molecule has 74 heavy (non-hydrogen) atoms. The van der Waals surface area contributed by atoms with Gasteiger partial charge >= 0.3 is 0 Å². The maximum absolute atomic E-state index is 14.7. The first kappa shape index (κ1) is 59.7. The summed E-state index contributed by atoms with van der Waals surface area (Å²) >= 11 is 8.48. The van der Waals surface area contributed by atoms with Gasteiger partial charge in [-0.1, -0.05) is 56.3 Å². The minimum atomic E-state index is -1.46. The van der Waals surface area contributed by atoms with Crippen molar-refractivity contribution in [3.8, 4) is 5.75 Å². The largest absolute Gasteiger partial charge is 0.508 e. The van der Waals surface area contributed by atoms with Crippen LogP contribution in [-0.2, 0) is 57.6 Å². The zero-order valence-electron chi connectivity index (χ0n) is 41.5. The number of carbonyl (C=O) groups is 8. The van der Waals surface area contributed by atoms with Crippen molar-refractivity contribution in [3.63, 3.8) is 0 Å². The smallest absolute Gasteiger partial charge is 0.244 e. The van der Waals surface area contributed by atoms with Crippen LogP contribution in [0.2, 0.25) is 0 Å². The predicted octanol–water partition coefficient (Wildman–Crippen LogP) is -1.28. The molecule has 0 saturated heterocycles. The Morgan fingerprint density at radius 1 is 0.595 bits per heavy atom.